The molecule has 1 N–H and O–H groups in total. The Kier molecular flexibility index (Phi) is 3.63. The molecule has 2 heterocycles. The molecule has 0 aliphatic heterocycles. The number of rotatable bonds is 5. The second-order valence-corrected chi connectivity index (χ2v) is 6.70. The first kappa shape index (κ1) is 15.1. The van der Waals surface area contributed by atoms with Crippen LogP contribution in [-0.2, 0) is 0 Å². The Hall–Kier alpha value is -3.21. The van der Waals surface area contributed by atoms with Gasteiger partial charge >= 0.3 is 0 Å². The lowest BCUT2D eigenvalue weighted by Gasteiger charge is -2.20. The maximum Gasteiger partial charge on any atom is 0.203 e. The van der Waals surface area contributed by atoms with E-state index in [4.69, 9.17) is 0 Å². The van der Waals surface area contributed by atoms with E-state index in [-0.39, 0.29) is 6.04 Å². The Morgan fingerprint density at radius 2 is 1.54 bits per heavy atom. The molecule has 0 amide bonds. The number of hydrogen-bond donors (Lipinski definition) is 1. The molecule has 0 saturated heterocycles. The second-order valence-electron chi connectivity index (χ2n) is 6.70. The van der Waals surface area contributed by atoms with Gasteiger partial charge < -0.3 is 5.32 Å². The molecule has 128 valence electrons. The number of fused-ring (bicyclic) bond motifs is 1. The SMILES string of the molecule is c1ccc(C(Nc2nccn3c(C4CC4)nnc23)c2ccccc2)cc1. The molecular formula is C21H19N5. The van der Waals surface area contributed by atoms with Crippen molar-refractivity contribution in [2.45, 2.75) is 24.8 Å². The van der Waals surface area contributed by atoms with Crippen LogP contribution in [0.2, 0.25) is 0 Å². The van der Waals surface area contributed by atoms with Gasteiger partial charge in [0.2, 0.25) is 5.65 Å². The van der Waals surface area contributed by atoms with Crippen LogP contribution < -0.4 is 5.32 Å². The van der Waals surface area contributed by atoms with Crippen LogP contribution in [0, 0.1) is 0 Å². The molecule has 1 aliphatic rings. The van der Waals surface area contributed by atoms with Crippen molar-refractivity contribution in [3.63, 3.8) is 0 Å². The normalized spacial score (nSPS) is 14.0. The van der Waals surface area contributed by atoms with Crippen LogP contribution in [0.25, 0.3) is 5.65 Å². The standard InChI is InChI=1S/C21H19N5/c1-3-7-15(8-4-1)18(16-9-5-2-6-10-16)23-19-21-25-24-20(17-11-12-17)26(21)14-13-22-19/h1-10,13-14,17-18H,11-12H2,(H,22,23). The lowest BCUT2D eigenvalue weighted by molar-refractivity contribution is 0.891. The summed E-state index contributed by atoms with van der Waals surface area (Å²) in [6, 6.07) is 20.8. The zero-order valence-electron chi connectivity index (χ0n) is 14.3. The van der Waals surface area contributed by atoms with Crippen molar-refractivity contribution in [2.75, 3.05) is 5.32 Å². The minimum atomic E-state index is -0.00262. The van der Waals surface area contributed by atoms with Crippen LogP contribution in [0.1, 0.15) is 41.8 Å². The average Bonchev–Trinajstić information content (AvgIpc) is 3.46. The second kappa shape index (κ2) is 6.26. The molecule has 26 heavy (non-hydrogen) atoms. The predicted octanol–water partition coefficient (Wildman–Crippen LogP) is 4.20. The Bertz CT molecular complexity index is 983. The van der Waals surface area contributed by atoms with Gasteiger partial charge in [-0.1, -0.05) is 60.7 Å². The molecule has 0 unspecified atom stereocenters. The first-order valence-corrected chi connectivity index (χ1v) is 8.96. The summed E-state index contributed by atoms with van der Waals surface area (Å²) >= 11 is 0. The van der Waals surface area contributed by atoms with Crippen LogP contribution in [0.3, 0.4) is 0 Å². The molecule has 2 aromatic carbocycles. The molecule has 5 rings (SSSR count). The predicted molar refractivity (Wildman–Crippen MR) is 101 cm³/mol. The smallest absolute Gasteiger partial charge is 0.203 e. The molecule has 4 aromatic rings. The van der Waals surface area contributed by atoms with E-state index >= 15 is 0 Å². The number of nitrogens with zero attached hydrogens (tertiary/aromatic N) is 4. The van der Waals surface area contributed by atoms with Gasteiger partial charge in [0.1, 0.15) is 5.82 Å². The first-order valence-electron chi connectivity index (χ1n) is 8.96. The average molecular weight is 341 g/mol. The van der Waals surface area contributed by atoms with Crippen LogP contribution in [0.15, 0.2) is 73.1 Å². The van der Waals surface area contributed by atoms with Gasteiger partial charge in [-0.2, -0.15) is 0 Å². The van der Waals surface area contributed by atoms with E-state index in [1.165, 1.54) is 24.0 Å². The van der Waals surface area contributed by atoms with Crippen LogP contribution in [0.4, 0.5) is 5.82 Å². The molecule has 5 nitrogen and oxygen atoms in total. The Morgan fingerprint density at radius 1 is 0.885 bits per heavy atom. The minimum absolute atomic E-state index is 0.00262. The quantitative estimate of drug-likeness (QED) is 0.591. The molecular weight excluding hydrogens is 322 g/mol. The highest BCUT2D eigenvalue weighted by Gasteiger charge is 2.29. The fraction of sp³-hybridized carbons (Fsp3) is 0.190. The molecule has 0 spiro atoms. The van der Waals surface area contributed by atoms with Gasteiger partial charge in [0.15, 0.2) is 5.82 Å². The van der Waals surface area contributed by atoms with E-state index in [0.29, 0.717) is 5.92 Å². The molecule has 1 fully saturated rings. The number of hydrogen-bond acceptors (Lipinski definition) is 4. The van der Waals surface area contributed by atoms with Crippen LogP contribution in [0.5, 0.6) is 0 Å². The number of nitrogens with one attached hydrogen (secondary N) is 1. The third-order valence-corrected chi connectivity index (χ3v) is 4.84. The van der Waals surface area contributed by atoms with Gasteiger partial charge in [-0.25, -0.2) is 4.98 Å². The Labute approximate surface area is 151 Å². The Morgan fingerprint density at radius 3 is 2.15 bits per heavy atom. The van der Waals surface area contributed by atoms with E-state index < -0.39 is 0 Å². The summed E-state index contributed by atoms with van der Waals surface area (Å²) in [5.41, 5.74) is 3.15. The van der Waals surface area contributed by atoms with E-state index in [2.05, 4.69) is 73.4 Å². The van der Waals surface area contributed by atoms with E-state index in [9.17, 15) is 0 Å². The maximum atomic E-state index is 4.56. The lowest BCUT2D eigenvalue weighted by atomic mass is 9.99. The highest BCUT2D eigenvalue weighted by atomic mass is 15.3. The van der Waals surface area contributed by atoms with Crippen LogP contribution >= 0.6 is 0 Å². The van der Waals surface area contributed by atoms with Crippen molar-refractivity contribution >= 4 is 11.5 Å². The van der Waals surface area contributed by atoms with Crippen molar-refractivity contribution in [2.24, 2.45) is 0 Å². The summed E-state index contributed by atoms with van der Waals surface area (Å²) in [5.74, 6) is 2.34. The molecule has 0 radical (unpaired) electrons. The third-order valence-electron chi connectivity index (χ3n) is 4.84. The summed E-state index contributed by atoms with van der Waals surface area (Å²) < 4.78 is 2.07. The van der Waals surface area contributed by atoms with Gasteiger partial charge in [-0.3, -0.25) is 4.40 Å². The molecule has 2 aromatic heterocycles. The minimum Gasteiger partial charge on any atom is -0.356 e. The van der Waals surface area contributed by atoms with Crippen molar-refractivity contribution < 1.29 is 0 Å². The van der Waals surface area contributed by atoms with Crippen molar-refractivity contribution in [1.29, 1.82) is 0 Å². The van der Waals surface area contributed by atoms with Crippen molar-refractivity contribution in [3.8, 4) is 0 Å². The maximum absolute atomic E-state index is 4.56. The number of benzene rings is 2. The van der Waals surface area contributed by atoms with E-state index in [1.807, 2.05) is 24.5 Å². The highest BCUT2D eigenvalue weighted by Crippen LogP contribution is 2.39. The number of anilines is 1. The van der Waals surface area contributed by atoms with E-state index in [1.54, 1.807) is 0 Å². The molecule has 5 heteroatoms. The topological polar surface area (TPSA) is 55.1 Å². The first-order chi connectivity index (χ1) is 12.9. The summed E-state index contributed by atoms with van der Waals surface area (Å²) in [7, 11) is 0. The fourth-order valence-corrected chi connectivity index (χ4v) is 3.35. The summed E-state index contributed by atoms with van der Waals surface area (Å²) in [6.07, 6.45) is 6.16. The largest absolute Gasteiger partial charge is 0.356 e. The lowest BCUT2D eigenvalue weighted by Crippen LogP contribution is -2.14. The molecule has 0 atom stereocenters. The van der Waals surface area contributed by atoms with Gasteiger partial charge in [0.05, 0.1) is 6.04 Å². The van der Waals surface area contributed by atoms with Gasteiger partial charge in [0, 0.05) is 18.3 Å². The Balaban J connectivity index is 1.58. The monoisotopic (exact) mass is 341 g/mol. The molecule has 0 bridgehead atoms. The zero-order valence-corrected chi connectivity index (χ0v) is 14.3. The summed E-state index contributed by atoms with van der Waals surface area (Å²) in [5, 5.41) is 12.4. The highest BCUT2D eigenvalue weighted by molar-refractivity contribution is 5.64. The zero-order chi connectivity index (χ0) is 17.3. The molecule has 1 saturated carbocycles. The van der Waals surface area contributed by atoms with E-state index in [0.717, 1.165) is 17.3 Å². The van der Waals surface area contributed by atoms with Crippen LogP contribution in [-0.4, -0.2) is 19.6 Å². The van der Waals surface area contributed by atoms with Gasteiger partial charge in [0.25, 0.3) is 0 Å². The summed E-state index contributed by atoms with van der Waals surface area (Å²) in [6.45, 7) is 0. The summed E-state index contributed by atoms with van der Waals surface area (Å²) in [4.78, 5) is 4.56. The molecule has 1 aliphatic carbocycles. The fourth-order valence-electron chi connectivity index (χ4n) is 3.35. The van der Waals surface area contributed by atoms with Crippen molar-refractivity contribution in [3.05, 3.63) is 90.0 Å². The van der Waals surface area contributed by atoms with Gasteiger partial charge in [-0.05, 0) is 24.0 Å². The van der Waals surface area contributed by atoms with Gasteiger partial charge in [-0.15, -0.1) is 10.2 Å². The van der Waals surface area contributed by atoms with Crippen molar-refractivity contribution in [1.82, 2.24) is 19.6 Å². The number of aromatic nitrogens is 4. The third kappa shape index (κ3) is 2.71.